The van der Waals surface area contributed by atoms with E-state index in [1.165, 1.54) is 12.2 Å². The van der Waals surface area contributed by atoms with Crippen molar-refractivity contribution in [2.45, 2.75) is 50.7 Å². The molecule has 0 heterocycles. The Labute approximate surface area is 181 Å². The second kappa shape index (κ2) is 11.6. The molecule has 0 aromatic rings. The number of carbonyl (C=O) groups excluding carboxylic acids is 2. The summed E-state index contributed by atoms with van der Waals surface area (Å²) < 4.78 is 16.1. The van der Waals surface area contributed by atoms with Crippen molar-refractivity contribution in [2.24, 2.45) is 23.7 Å². The van der Waals surface area contributed by atoms with E-state index in [4.69, 9.17) is 14.2 Å². The first-order valence-electron chi connectivity index (χ1n) is 10.5. The quantitative estimate of drug-likeness (QED) is 0.388. The van der Waals surface area contributed by atoms with Gasteiger partial charge in [0.1, 0.15) is 13.2 Å². The van der Waals surface area contributed by atoms with Crippen LogP contribution >= 0.6 is 0 Å². The number of carboxylic acid groups (broad SMARTS) is 2. The van der Waals surface area contributed by atoms with Gasteiger partial charge in [0.15, 0.2) is 0 Å². The van der Waals surface area contributed by atoms with Crippen LogP contribution in [0.1, 0.15) is 38.5 Å². The predicted molar refractivity (Wildman–Crippen MR) is 108 cm³/mol. The molecule has 6 atom stereocenters. The molecule has 0 aliphatic heterocycles. The molecule has 31 heavy (non-hydrogen) atoms. The second-order valence-electron chi connectivity index (χ2n) is 7.90. The highest BCUT2D eigenvalue weighted by Crippen LogP contribution is 2.38. The minimum absolute atomic E-state index is 0.000541. The fourth-order valence-electron chi connectivity index (χ4n) is 4.46. The summed E-state index contributed by atoms with van der Waals surface area (Å²) in [5.74, 6) is -7.16. The summed E-state index contributed by atoms with van der Waals surface area (Å²) in [6.07, 6.45) is 3.69. The summed E-state index contributed by atoms with van der Waals surface area (Å²) in [7, 11) is 0. The van der Waals surface area contributed by atoms with Crippen LogP contribution in [0.3, 0.4) is 0 Å². The van der Waals surface area contributed by atoms with Crippen molar-refractivity contribution in [1.29, 1.82) is 0 Å². The average Bonchev–Trinajstić information content (AvgIpc) is 2.75. The number of ether oxygens (including phenoxy) is 3. The minimum atomic E-state index is -1.15. The smallest absolute Gasteiger partial charge is 0.310 e. The van der Waals surface area contributed by atoms with Crippen molar-refractivity contribution in [3.8, 4) is 0 Å². The van der Waals surface area contributed by atoms with Gasteiger partial charge in [-0.2, -0.15) is 0 Å². The van der Waals surface area contributed by atoms with Crippen molar-refractivity contribution in [2.75, 3.05) is 13.2 Å². The molecule has 172 valence electrons. The van der Waals surface area contributed by atoms with E-state index < -0.39 is 59.8 Å². The Morgan fingerprint density at radius 3 is 1.97 bits per heavy atom. The van der Waals surface area contributed by atoms with Crippen molar-refractivity contribution >= 4 is 23.9 Å². The van der Waals surface area contributed by atoms with Gasteiger partial charge >= 0.3 is 23.9 Å². The lowest BCUT2D eigenvalue weighted by atomic mass is 9.75. The molecule has 0 bridgehead atoms. The first kappa shape index (κ1) is 24.6. The summed E-state index contributed by atoms with van der Waals surface area (Å²) >= 11 is 0. The third-order valence-corrected chi connectivity index (χ3v) is 5.90. The van der Waals surface area contributed by atoms with E-state index in [9.17, 15) is 29.4 Å². The van der Waals surface area contributed by atoms with E-state index in [1.807, 2.05) is 0 Å². The summed E-state index contributed by atoms with van der Waals surface area (Å²) in [5, 5.41) is 19.3. The molecule has 0 spiro atoms. The average molecular weight is 438 g/mol. The number of rotatable bonds is 10. The monoisotopic (exact) mass is 438 g/mol. The number of carboxylic acids is 2. The highest BCUT2D eigenvalue weighted by atomic mass is 16.5. The molecule has 9 heteroatoms. The molecule has 6 unspecified atom stereocenters. The van der Waals surface area contributed by atoms with Crippen LogP contribution in [0.5, 0.6) is 0 Å². The van der Waals surface area contributed by atoms with Gasteiger partial charge < -0.3 is 24.4 Å². The number of esters is 2. The zero-order valence-electron chi connectivity index (χ0n) is 17.4. The van der Waals surface area contributed by atoms with E-state index in [1.54, 1.807) is 0 Å². The fourth-order valence-corrected chi connectivity index (χ4v) is 4.46. The molecule has 2 aliphatic rings. The van der Waals surface area contributed by atoms with Gasteiger partial charge in [0, 0.05) is 0 Å². The molecule has 2 rings (SSSR count). The van der Waals surface area contributed by atoms with Crippen molar-refractivity contribution in [3.63, 3.8) is 0 Å². The van der Waals surface area contributed by atoms with Gasteiger partial charge in [-0.3, -0.25) is 19.2 Å². The number of aliphatic carboxylic acids is 2. The van der Waals surface area contributed by atoms with E-state index in [-0.39, 0.29) is 26.1 Å². The van der Waals surface area contributed by atoms with Crippen LogP contribution in [-0.4, -0.2) is 59.5 Å². The molecular weight excluding hydrogens is 408 g/mol. The van der Waals surface area contributed by atoms with Gasteiger partial charge in [0.2, 0.25) is 0 Å². The van der Waals surface area contributed by atoms with E-state index >= 15 is 0 Å². The normalized spacial score (nSPS) is 30.6. The van der Waals surface area contributed by atoms with Crippen LogP contribution in [-0.2, 0) is 33.4 Å². The van der Waals surface area contributed by atoms with Gasteiger partial charge in [-0.25, -0.2) is 0 Å². The van der Waals surface area contributed by atoms with E-state index in [0.29, 0.717) is 25.7 Å². The Hall–Kier alpha value is -2.68. The molecule has 0 amide bonds. The molecule has 0 aromatic heterocycles. The Bertz CT molecular complexity index is 701. The Balaban J connectivity index is 2.08. The second-order valence-corrected chi connectivity index (χ2v) is 7.90. The molecule has 2 N–H and O–H groups in total. The Morgan fingerprint density at radius 1 is 0.806 bits per heavy atom. The number of carbonyl (C=O) groups is 4. The van der Waals surface area contributed by atoms with E-state index in [0.717, 1.165) is 0 Å². The Morgan fingerprint density at radius 2 is 1.42 bits per heavy atom. The minimum Gasteiger partial charge on any atom is -0.481 e. The highest BCUT2D eigenvalue weighted by molar-refractivity contribution is 5.82. The third kappa shape index (κ3) is 6.40. The summed E-state index contributed by atoms with van der Waals surface area (Å²) in [4.78, 5) is 48.2. The molecule has 2 aliphatic carbocycles. The summed E-state index contributed by atoms with van der Waals surface area (Å²) in [6.45, 7) is 6.95. The number of hydrogen-bond donors (Lipinski definition) is 2. The van der Waals surface area contributed by atoms with Crippen LogP contribution in [0, 0.1) is 23.7 Å². The van der Waals surface area contributed by atoms with Gasteiger partial charge in [-0.1, -0.05) is 25.3 Å². The lowest BCUT2D eigenvalue weighted by Crippen LogP contribution is -2.46. The maximum atomic E-state index is 12.3. The van der Waals surface area contributed by atoms with Crippen LogP contribution in [0.2, 0.25) is 0 Å². The maximum absolute atomic E-state index is 12.3. The first-order valence-corrected chi connectivity index (χ1v) is 10.5. The van der Waals surface area contributed by atoms with Gasteiger partial charge in [0.05, 0.1) is 35.9 Å². The van der Waals surface area contributed by atoms with Gasteiger partial charge in [-0.15, -0.1) is 0 Å². The Kier molecular flexibility index (Phi) is 9.23. The van der Waals surface area contributed by atoms with Crippen LogP contribution in [0.4, 0.5) is 0 Å². The van der Waals surface area contributed by atoms with Crippen molar-refractivity contribution in [1.82, 2.24) is 0 Å². The molecule has 0 saturated heterocycles. The summed E-state index contributed by atoms with van der Waals surface area (Å²) in [6, 6.07) is 0. The van der Waals surface area contributed by atoms with Crippen molar-refractivity contribution < 1.29 is 43.6 Å². The number of hydrogen-bond acceptors (Lipinski definition) is 7. The fraction of sp³-hybridized carbons (Fsp3) is 0.636. The van der Waals surface area contributed by atoms with Crippen LogP contribution in [0.25, 0.3) is 0 Å². The maximum Gasteiger partial charge on any atom is 0.310 e. The SMILES string of the molecule is C=CCOC(=O)C1CCC(OC2CCCC(C(=O)OCC=C)C2C(=O)O)CC1C(=O)O. The summed E-state index contributed by atoms with van der Waals surface area (Å²) in [5.41, 5.74) is 0. The van der Waals surface area contributed by atoms with Crippen LogP contribution in [0.15, 0.2) is 25.3 Å². The lowest BCUT2D eigenvalue weighted by molar-refractivity contribution is -0.175. The highest BCUT2D eigenvalue weighted by Gasteiger charge is 2.46. The standard InChI is InChI=1S/C22H30O9/c1-3-10-29-21(27)14-9-8-13(12-16(14)19(23)24)31-17-7-5-6-15(18(17)20(25)26)22(28)30-11-4-2/h3-4,13-18H,1-2,5-12H2,(H,23,24)(H,25,26). The van der Waals surface area contributed by atoms with Crippen LogP contribution < -0.4 is 0 Å². The largest absolute Gasteiger partial charge is 0.481 e. The molecule has 0 radical (unpaired) electrons. The third-order valence-electron chi connectivity index (χ3n) is 5.90. The molecule has 2 saturated carbocycles. The predicted octanol–water partition coefficient (Wildman–Crippen LogP) is 2.20. The van der Waals surface area contributed by atoms with E-state index in [2.05, 4.69) is 13.2 Å². The van der Waals surface area contributed by atoms with Gasteiger partial charge in [-0.05, 0) is 38.5 Å². The zero-order valence-corrected chi connectivity index (χ0v) is 17.4. The molecule has 2 fully saturated rings. The molecule has 9 nitrogen and oxygen atoms in total. The lowest BCUT2D eigenvalue weighted by Gasteiger charge is -2.39. The van der Waals surface area contributed by atoms with Crippen molar-refractivity contribution in [3.05, 3.63) is 25.3 Å². The topological polar surface area (TPSA) is 136 Å². The first-order chi connectivity index (χ1) is 14.8. The zero-order chi connectivity index (χ0) is 23.0. The molecule has 0 aromatic carbocycles. The van der Waals surface area contributed by atoms with Gasteiger partial charge in [0.25, 0.3) is 0 Å². The molecular formula is C22H30O9.